The van der Waals surface area contributed by atoms with Crippen LogP contribution in [-0.4, -0.2) is 13.2 Å². The van der Waals surface area contributed by atoms with Gasteiger partial charge in [-0.2, -0.15) is 0 Å². The molecule has 0 atom stereocenters. The number of hydrogen-bond acceptors (Lipinski definition) is 4. The van der Waals surface area contributed by atoms with Crippen LogP contribution in [0.3, 0.4) is 0 Å². The molecule has 11 aromatic rings. The van der Waals surface area contributed by atoms with Crippen molar-refractivity contribution in [2.24, 2.45) is 0 Å². The van der Waals surface area contributed by atoms with Gasteiger partial charge in [0.05, 0.1) is 0 Å². The monoisotopic (exact) mass is 1190 g/mol. The molecule has 1 fully saturated rings. The van der Waals surface area contributed by atoms with E-state index in [0.29, 0.717) is 0 Å². The first-order valence-corrected chi connectivity index (χ1v) is 26.4. The Balaban J connectivity index is 0.000000167. The number of ether oxygens (including phenoxy) is 1. The van der Waals surface area contributed by atoms with Gasteiger partial charge in [0.15, 0.2) is 0 Å². The second kappa shape index (κ2) is 32.9. The molecule has 0 N–H and O–H groups in total. The standard InChI is InChI=1S/3C19H15O.C12H10N.C4H8O.Dy.Li/c3*20-19(16-10-4-1-5-11-16,17-12-6-2-7-13-17)18-14-8-3-9-15-18;1-3-7-11(8-4-1)13-12-9-5-2-6-10-12;1-2-4-5-3-1;;/h3*1-15H;1-10H;1-4H2;;/q4*-1;;+3;+1. The van der Waals surface area contributed by atoms with Gasteiger partial charge >= 0.3 is 57.0 Å². The zero-order chi connectivity index (χ0) is 54.0. The number of benzene rings is 11. The second-order valence-corrected chi connectivity index (χ2v) is 18.4. The van der Waals surface area contributed by atoms with Crippen LogP contribution in [0.5, 0.6) is 0 Å². The molecule has 1 radical (unpaired) electrons. The quantitative estimate of drug-likeness (QED) is 0.0953. The van der Waals surface area contributed by atoms with E-state index in [4.69, 9.17) is 4.74 Å². The molecular formula is C73H63DyLiNO4. The average Bonchev–Trinajstić information content (AvgIpc) is 4.18. The summed E-state index contributed by atoms with van der Waals surface area (Å²) in [5.74, 6) is 0. The number of hydrogen-bond donors (Lipinski definition) is 0. The van der Waals surface area contributed by atoms with Crippen molar-refractivity contribution < 1.29 is 77.1 Å². The van der Waals surface area contributed by atoms with E-state index in [0.717, 1.165) is 74.7 Å². The van der Waals surface area contributed by atoms with E-state index >= 15 is 0 Å². The molecule has 0 spiro atoms. The molecule has 0 aromatic heterocycles. The largest absolute Gasteiger partial charge is 3.00 e. The summed E-state index contributed by atoms with van der Waals surface area (Å²) in [7, 11) is 0. The van der Waals surface area contributed by atoms with E-state index in [1.807, 2.05) is 334 Å². The second-order valence-electron chi connectivity index (χ2n) is 18.4. The van der Waals surface area contributed by atoms with E-state index in [1.54, 1.807) is 0 Å². The molecule has 0 aliphatic carbocycles. The molecule has 1 aliphatic rings. The van der Waals surface area contributed by atoms with Crippen LogP contribution >= 0.6 is 0 Å². The van der Waals surface area contributed by atoms with Crippen LogP contribution in [0.25, 0.3) is 5.32 Å². The third-order valence-corrected chi connectivity index (χ3v) is 13.2. The first kappa shape index (κ1) is 62.1. The first-order valence-electron chi connectivity index (χ1n) is 26.4. The predicted molar refractivity (Wildman–Crippen MR) is 313 cm³/mol. The molecule has 1 saturated heterocycles. The minimum Gasteiger partial charge on any atom is -0.839 e. The van der Waals surface area contributed by atoms with Gasteiger partial charge in [0.25, 0.3) is 0 Å². The van der Waals surface area contributed by atoms with Crippen LogP contribution in [-0.2, 0) is 21.5 Å². The SMILES string of the molecule is C1CCOC1.[Dy+3].[Li+].[O-]C(c1ccccc1)(c1ccccc1)c1ccccc1.[O-]C(c1ccccc1)(c1ccccc1)c1ccccc1.[O-]C(c1ccccc1)(c1ccccc1)c1ccccc1.c1ccc([N-]c2ccccc2)cc1. The predicted octanol–water partition coefficient (Wildman–Crippen LogP) is 11.8. The van der Waals surface area contributed by atoms with Crippen LogP contribution in [0.4, 0.5) is 11.4 Å². The Hall–Kier alpha value is -7.07. The molecule has 80 heavy (non-hydrogen) atoms. The first-order chi connectivity index (χ1) is 38.4. The summed E-state index contributed by atoms with van der Waals surface area (Å²) in [5.41, 5.74) is 4.73. The molecule has 0 saturated carbocycles. The summed E-state index contributed by atoms with van der Waals surface area (Å²) in [6.07, 6.45) is 2.56. The fraction of sp³-hybridized carbons (Fsp3) is 0.0959. The topological polar surface area (TPSA) is 92.5 Å². The molecule has 5 nitrogen and oxygen atoms in total. The Labute approximate surface area is 515 Å². The van der Waals surface area contributed by atoms with Crippen molar-refractivity contribution in [2.45, 2.75) is 29.6 Å². The van der Waals surface area contributed by atoms with Gasteiger partial charge in [0, 0.05) is 13.2 Å². The van der Waals surface area contributed by atoms with Crippen LogP contribution in [0, 0.1) is 38.2 Å². The van der Waals surface area contributed by atoms with Gasteiger partial charge in [0.1, 0.15) is 0 Å². The molecular weight excluding hydrogens is 1120 g/mol. The van der Waals surface area contributed by atoms with E-state index in [-0.39, 0.29) is 57.0 Å². The van der Waals surface area contributed by atoms with Crippen molar-refractivity contribution in [3.8, 4) is 0 Å². The van der Waals surface area contributed by atoms with E-state index in [1.165, 1.54) is 12.8 Å². The smallest absolute Gasteiger partial charge is 0.839 e. The van der Waals surface area contributed by atoms with Crippen LogP contribution in [0.15, 0.2) is 334 Å². The zero-order valence-corrected chi connectivity index (χ0v) is 47.0. The van der Waals surface area contributed by atoms with Crippen molar-refractivity contribution in [3.05, 3.63) is 389 Å². The number of nitrogens with zero attached hydrogens (tertiary/aromatic N) is 1. The average molecular weight is 1190 g/mol. The van der Waals surface area contributed by atoms with Gasteiger partial charge in [-0.1, -0.05) is 334 Å². The van der Waals surface area contributed by atoms with E-state index in [9.17, 15) is 15.3 Å². The van der Waals surface area contributed by atoms with Crippen LogP contribution < -0.4 is 34.2 Å². The van der Waals surface area contributed by atoms with Gasteiger partial charge in [-0.15, -0.1) is 11.4 Å². The zero-order valence-electron chi connectivity index (χ0n) is 45.0. The number of para-hydroxylation sites is 2. The molecule has 0 bridgehead atoms. The van der Waals surface area contributed by atoms with Gasteiger partial charge in [-0.3, -0.25) is 0 Å². The van der Waals surface area contributed by atoms with Crippen LogP contribution in [0.2, 0.25) is 0 Å². The van der Waals surface area contributed by atoms with E-state index in [2.05, 4.69) is 5.32 Å². The van der Waals surface area contributed by atoms with Crippen molar-refractivity contribution in [1.82, 2.24) is 0 Å². The number of rotatable bonds is 11. The summed E-state index contributed by atoms with van der Waals surface area (Å²) >= 11 is 0. The maximum atomic E-state index is 13.7. The Morgan fingerprint density at radius 2 is 0.375 bits per heavy atom. The van der Waals surface area contributed by atoms with Gasteiger partial charge in [0.2, 0.25) is 0 Å². The minimum absolute atomic E-state index is 0. The maximum Gasteiger partial charge on any atom is 3.00 e. The Morgan fingerprint density at radius 3 is 0.500 bits per heavy atom. The van der Waals surface area contributed by atoms with Crippen molar-refractivity contribution in [1.29, 1.82) is 0 Å². The van der Waals surface area contributed by atoms with Crippen molar-refractivity contribution in [2.75, 3.05) is 13.2 Å². The van der Waals surface area contributed by atoms with Gasteiger partial charge in [-0.05, 0) is 79.7 Å². The molecule has 7 heteroatoms. The molecule has 0 amide bonds. The van der Waals surface area contributed by atoms with Crippen molar-refractivity contribution in [3.63, 3.8) is 0 Å². The fourth-order valence-corrected chi connectivity index (χ4v) is 9.22. The van der Waals surface area contributed by atoms with Crippen molar-refractivity contribution >= 4 is 11.4 Å². The summed E-state index contributed by atoms with van der Waals surface area (Å²) in [4.78, 5) is 0. The third-order valence-electron chi connectivity index (χ3n) is 13.2. The summed E-state index contributed by atoms with van der Waals surface area (Å²) < 4.78 is 4.94. The normalized spacial score (nSPS) is 11.5. The van der Waals surface area contributed by atoms with Crippen LogP contribution in [0.1, 0.15) is 62.9 Å². The van der Waals surface area contributed by atoms with Gasteiger partial charge < -0.3 is 25.4 Å². The fourth-order valence-electron chi connectivity index (χ4n) is 9.22. The molecule has 1 heterocycles. The molecule has 395 valence electrons. The Morgan fingerprint density at radius 1 is 0.237 bits per heavy atom. The molecule has 0 unspecified atom stereocenters. The molecule has 1 aliphatic heterocycles. The minimum atomic E-state index is -1.37. The third kappa shape index (κ3) is 16.7. The Kier molecular flexibility index (Phi) is 25.5. The molecule has 12 rings (SSSR count). The summed E-state index contributed by atoms with van der Waals surface area (Å²) in [6, 6.07) is 106. The molecule has 11 aromatic carbocycles. The summed E-state index contributed by atoms with van der Waals surface area (Å²) in [5, 5.41) is 45.6. The maximum absolute atomic E-state index is 13.7. The van der Waals surface area contributed by atoms with Gasteiger partial charge in [-0.25, -0.2) is 0 Å². The Bertz CT molecular complexity index is 2700. The van der Waals surface area contributed by atoms with E-state index < -0.39 is 16.8 Å². The summed E-state index contributed by atoms with van der Waals surface area (Å²) in [6.45, 7) is 2.00.